The van der Waals surface area contributed by atoms with Gasteiger partial charge in [-0.1, -0.05) is 0 Å². The number of hydrogen-bond acceptors (Lipinski definition) is 5. The van der Waals surface area contributed by atoms with Gasteiger partial charge in [-0.3, -0.25) is 0 Å². The lowest BCUT2D eigenvalue weighted by Gasteiger charge is -2.02. The molecule has 4 nitrogen and oxygen atoms in total. The molecule has 0 unspecified atom stereocenters. The van der Waals surface area contributed by atoms with Crippen molar-refractivity contribution in [3.8, 4) is 16.3 Å². The second-order valence-electron chi connectivity index (χ2n) is 3.82. The molecule has 1 heterocycles. The molecule has 0 atom stereocenters. The third-order valence-electron chi connectivity index (χ3n) is 2.47. The van der Waals surface area contributed by atoms with Crippen LogP contribution in [0.2, 0.25) is 0 Å². The smallest absolute Gasteiger partial charge is 0.358 e. The molecule has 0 aliphatic carbocycles. The van der Waals surface area contributed by atoms with Gasteiger partial charge in [0.05, 0.1) is 13.2 Å². The summed E-state index contributed by atoms with van der Waals surface area (Å²) in [6.45, 7) is 4.72. The summed E-state index contributed by atoms with van der Waals surface area (Å²) in [5.74, 6) is 0.457. The first kappa shape index (κ1) is 15.2. The Kier molecular flexibility index (Phi) is 5.36. The summed E-state index contributed by atoms with van der Waals surface area (Å²) in [5.41, 5.74) is 1.35. The molecule has 0 fully saturated rings. The van der Waals surface area contributed by atoms with Crippen LogP contribution in [-0.4, -0.2) is 24.2 Å². The Morgan fingerprint density at radius 3 is 2.55 bits per heavy atom. The van der Waals surface area contributed by atoms with Crippen LogP contribution in [0.4, 0.5) is 0 Å². The zero-order valence-corrected chi connectivity index (χ0v) is 14.2. The van der Waals surface area contributed by atoms with E-state index >= 15 is 0 Å². The van der Waals surface area contributed by atoms with E-state index in [1.165, 1.54) is 11.3 Å². The van der Waals surface area contributed by atoms with Crippen molar-refractivity contribution in [3.05, 3.63) is 32.8 Å². The Balaban J connectivity index is 2.25. The second kappa shape index (κ2) is 7.03. The lowest BCUT2D eigenvalue weighted by atomic mass is 10.2. The van der Waals surface area contributed by atoms with E-state index in [0.29, 0.717) is 18.9 Å². The number of hydrogen-bond donors (Lipinski definition) is 0. The average Bonchev–Trinajstić information content (AvgIpc) is 2.82. The van der Waals surface area contributed by atoms with Crippen molar-refractivity contribution in [2.45, 2.75) is 13.8 Å². The summed E-state index contributed by atoms with van der Waals surface area (Å²) in [7, 11) is 0. The molecule has 0 saturated carbocycles. The first-order chi connectivity index (χ1) is 9.65. The molecule has 0 saturated heterocycles. The largest absolute Gasteiger partial charge is 0.494 e. The first-order valence-corrected chi connectivity index (χ1v) is 8.11. The number of ether oxygens (including phenoxy) is 2. The molecular weight excluding hydrogens is 389 g/mol. The second-order valence-corrected chi connectivity index (χ2v) is 6.63. The van der Waals surface area contributed by atoms with Gasteiger partial charge in [-0.2, -0.15) is 0 Å². The van der Waals surface area contributed by atoms with E-state index in [1.54, 1.807) is 6.92 Å². The normalized spacial score (nSPS) is 10.3. The Morgan fingerprint density at radius 1 is 1.25 bits per heavy atom. The molecule has 0 radical (unpaired) electrons. The number of rotatable bonds is 5. The zero-order valence-electron chi connectivity index (χ0n) is 11.2. The number of carbonyl (C=O) groups is 1. The van der Waals surface area contributed by atoms with Crippen LogP contribution in [0.5, 0.6) is 5.75 Å². The molecule has 0 spiro atoms. The standard InChI is InChI=1S/C14H14INO3S/c1-3-18-10-7-5-9(6-8-10)13-16-11(12(15)20-13)14(17)19-4-2/h5-8H,3-4H2,1-2H3. The topological polar surface area (TPSA) is 48.4 Å². The summed E-state index contributed by atoms with van der Waals surface area (Å²) in [4.78, 5) is 16.1. The minimum Gasteiger partial charge on any atom is -0.494 e. The molecule has 2 rings (SSSR count). The number of thiazole rings is 1. The molecule has 0 aliphatic heterocycles. The number of benzene rings is 1. The predicted molar refractivity (Wildman–Crippen MR) is 87.4 cm³/mol. The molecule has 0 bridgehead atoms. The highest BCUT2D eigenvalue weighted by atomic mass is 127. The van der Waals surface area contributed by atoms with Gasteiger partial charge in [-0.05, 0) is 60.7 Å². The fourth-order valence-electron chi connectivity index (χ4n) is 1.61. The van der Waals surface area contributed by atoms with E-state index in [2.05, 4.69) is 27.6 Å². The molecule has 106 valence electrons. The maximum Gasteiger partial charge on any atom is 0.358 e. The highest BCUT2D eigenvalue weighted by molar-refractivity contribution is 14.1. The van der Waals surface area contributed by atoms with Crippen LogP contribution >= 0.6 is 33.9 Å². The van der Waals surface area contributed by atoms with Crippen LogP contribution in [0, 0.1) is 2.88 Å². The number of halogens is 1. The van der Waals surface area contributed by atoms with Gasteiger partial charge in [0.15, 0.2) is 5.69 Å². The van der Waals surface area contributed by atoms with Crippen LogP contribution in [0.15, 0.2) is 24.3 Å². The van der Waals surface area contributed by atoms with Crippen LogP contribution in [0.3, 0.4) is 0 Å². The van der Waals surface area contributed by atoms with Crippen LogP contribution in [0.1, 0.15) is 24.3 Å². The number of esters is 1. The summed E-state index contributed by atoms with van der Waals surface area (Å²) >= 11 is 3.59. The molecule has 20 heavy (non-hydrogen) atoms. The molecule has 2 aromatic rings. The van der Waals surface area contributed by atoms with Gasteiger partial charge < -0.3 is 9.47 Å². The predicted octanol–water partition coefficient (Wildman–Crippen LogP) is 3.99. The van der Waals surface area contributed by atoms with Gasteiger partial charge >= 0.3 is 5.97 Å². The third kappa shape index (κ3) is 3.49. The van der Waals surface area contributed by atoms with E-state index in [4.69, 9.17) is 9.47 Å². The average molecular weight is 403 g/mol. The summed E-state index contributed by atoms with van der Waals surface area (Å²) in [6, 6.07) is 7.68. The Hall–Kier alpha value is -1.15. The summed E-state index contributed by atoms with van der Waals surface area (Å²) in [6.07, 6.45) is 0. The van der Waals surface area contributed by atoms with Crippen molar-refractivity contribution < 1.29 is 14.3 Å². The van der Waals surface area contributed by atoms with Gasteiger partial charge in [0, 0.05) is 5.56 Å². The SMILES string of the molecule is CCOC(=O)c1nc(-c2ccc(OCC)cc2)sc1I. The number of nitrogens with zero attached hydrogens (tertiary/aromatic N) is 1. The van der Waals surface area contributed by atoms with E-state index in [0.717, 1.165) is 19.2 Å². The maximum absolute atomic E-state index is 11.7. The number of carbonyl (C=O) groups excluding carboxylic acids is 1. The van der Waals surface area contributed by atoms with Gasteiger partial charge in [0.25, 0.3) is 0 Å². The van der Waals surface area contributed by atoms with Crippen LogP contribution < -0.4 is 4.74 Å². The first-order valence-electron chi connectivity index (χ1n) is 6.22. The molecule has 1 aromatic carbocycles. The van der Waals surface area contributed by atoms with E-state index in [9.17, 15) is 4.79 Å². The fraction of sp³-hybridized carbons (Fsp3) is 0.286. The van der Waals surface area contributed by atoms with Gasteiger partial charge in [-0.15, -0.1) is 11.3 Å². The molecule has 6 heteroatoms. The monoisotopic (exact) mass is 403 g/mol. The van der Waals surface area contributed by atoms with E-state index in [1.807, 2.05) is 31.2 Å². The minimum atomic E-state index is -0.370. The van der Waals surface area contributed by atoms with E-state index < -0.39 is 0 Å². The number of aromatic nitrogens is 1. The van der Waals surface area contributed by atoms with Gasteiger partial charge in [0.1, 0.15) is 13.6 Å². The van der Waals surface area contributed by atoms with Gasteiger partial charge in [0.2, 0.25) is 0 Å². The lowest BCUT2D eigenvalue weighted by molar-refractivity contribution is 0.0519. The van der Waals surface area contributed by atoms with Crippen molar-refractivity contribution in [3.63, 3.8) is 0 Å². The highest BCUT2D eigenvalue weighted by Gasteiger charge is 2.18. The summed E-state index contributed by atoms with van der Waals surface area (Å²) in [5, 5.41) is 0.806. The Bertz CT molecular complexity index is 595. The molecule has 0 N–H and O–H groups in total. The van der Waals surface area contributed by atoms with Crippen molar-refractivity contribution in [2.75, 3.05) is 13.2 Å². The van der Waals surface area contributed by atoms with E-state index in [-0.39, 0.29) is 5.97 Å². The van der Waals surface area contributed by atoms with Crippen LogP contribution in [-0.2, 0) is 4.74 Å². The molecule has 0 aliphatic rings. The third-order valence-corrected chi connectivity index (χ3v) is 4.53. The minimum absolute atomic E-state index is 0.352. The van der Waals surface area contributed by atoms with Crippen molar-refractivity contribution in [2.24, 2.45) is 0 Å². The lowest BCUT2D eigenvalue weighted by Crippen LogP contribution is -2.06. The van der Waals surface area contributed by atoms with Crippen molar-refractivity contribution >= 4 is 39.9 Å². The zero-order chi connectivity index (χ0) is 14.5. The fourth-order valence-corrected chi connectivity index (χ4v) is 3.36. The van der Waals surface area contributed by atoms with Gasteiger partial charge in [-0.25, -0.2) is 9.78 Å². The Labute approximate surface area is 135 Å². The quantitative estimate of drug-likeness (QED) is 0.560. The van der Waals surface area contributed by atoms with Crippen molar-refractivity contribution in [1.29, 1.82) is 0 Å². The Morgan fingerprint density at radius 2 is 1.95 bits per heavy atom. The molecule has 0 amide bonds. The summed E-state index contributed by atoms with van der Waals surface area (Å²) < 4.78 is 11.2. The van der Waals surface area contributed by atoms with Crippen molar-refractivity contribution in [1.82, 2.24) is 4.98 Å². The highest BCUT2D eigenvalue weighted by Crippen LogP contribution is 2.30. The molecular formula is C14H14INO3S. The molecule has 1 aromatic heterocycles. The van der Waals surface area contributed by atoms with Crippen LogP contribution in [0.25, 0.3) is 10.6 Å². The maximum atomic E-state index is 11.7.